The van der Waals surface area contributed by atoms with E-state index in [1.165, 1.54) is 24.3 Å². The highest BCUT2D eigenvalue weighted by atomic mass is 35.5. The molecule has 0 saturated heterocycles. The van der Waals surface area contributed by atoms with Crippen molar-refractivity contribution in [3.63, 3.8) is 0 Å². The van der Waals surface area contributed by atoms with Crippen LogP contribution in [0, 0.1) is 0 Å². The fraction of sp³-hybridized carbons (Fsp3) is 0.0526. The molecule has 0 spiro atoms. The molecule has 0 fully saturated rings. The van der Waals surface area contributed by atoms with Crippen LogP contribution in [0.5, 0.6) is 11.5 Å². The summed E-state index contributed by atoms with van der Waals surface area (Å²) in [4.78, 5) is 0. The summed E-state index contributed by atoms with van der Waals surface area (Å²) < 4.78 is 34.1. The van der Waals surface area contributed by atoms with E-state index in [2.05, 4.69) is 0 Å². The number of hydrogen-bond acceptors (Lipinski definition) is 4. The summed E-state index contributed by atoms with van der Waals surface area (Å²) in [5.41, 5.74) is -0.444. The molecule has 1 atom stereocenters. The minimum absolute atomic E-state index is 0.0422. The van der Waals surface area contributed by atoms with Crippen LogP contribution in [0.3, 0.4) is 0 Å². The second-order valence-corrected chi connectivity index (χ2v) is 9.31. The van der Waals surface area contributed by atoms with Gasteiger partial charge in [0, 0.05) is 32.3 Å². The Labute approximate surface area is 186 Å². The van der Waals surface area contributed by atoms with Crippen molar-refractivity contribution >= 4 is 56.5 Å². The lowest BCUT2D eigenvalue weighted by molar-refractivity contribution is 0.402. The average Bonchev–Trinajstić information content (AvgIpc) is 2.61. The number of benzene rings is 3. The molecule has 5 nitrogen and oxygen atoms in total. The second-order valence-electron chi connectivity index (χ2n) is 6.09. The molecule has 3 rings (SSSR count). The number of hydrogen-bond donors (Lipinski definition) is 3. The van der Waals surface area contributed by atoms with Gasteiger partial charge in [0.1, 0.15) is 0 Å². The highest BCUT2D eigenvalue weighted by Gasteiger charge is 2.52. The molecule has 0 aromatic heterocycles. The maximum Gasteiger partial charge on any atom is 0.283 e. The number of phenols is 2. The van der Waals surface area contributed by atoms with E-state index in [0.717, 1.165) is 12.1 Å². The lowest BCUT2D eigenvalue weighted by Gasteiger charge is -2.34. The van der Waals surface area contributed by atoms with Crippen molar-refractivity contribution < 1.29 is 23.2 Å². The monoisotopic (exact) mass is 492 g/mol. The first kappa shape index (κ1) is 22.0. The normalized spacial score (nSPS) is 13.8. The van der Waals surface area contributed by atoms with Crippen molar-refractivity contribution in [2.45, 2.75) is 4.75 Å². The number of halogens is 4. The Morgan fingerprint density at radius 2 is 1.28 bits per heavy atom. The standard InChI is InChI=1S/C19H12Cl4O5S/c20-11-6-14(22)18(15(23)7-11)19(29(26,27)28,10-4-2-1-3-5-10)12-8-16(24)17(25)9-13(12)21/h1-9,24-25H,(H,26,27,28). The van der Waals surface area contributed by atoms with E-state index < -0.39 is 26.4 Å². The molecular weight excluding hydrogens is 482 g/mol. The van der Waals surface area contributed by atoms with Crippen molar-refractivity contribution in [2.75, 3.05) is 0 Å². The van der Waals surface area contributed by atoms with Crippen LogP contribution in [-0.4, -0.2) is 23.2 Å². The van der Waals surface area contributed by atoms with Gasteiger partial charge in [0.2, 0.25) is 0 Å². The molecule has 0 saturated carbocycles. The Balaban J connectivity index is 2.64. The molecule has 10 heteroatoms. The molecule has 3 aromatic carbocycles. The minimum Gasteiger partial charge on any atom is -0.504 e. The Morgan fingerprint density at radius 1 is 0.759 bits per heavy atom. The van der Waals surface area contributed by atoms with Crippen LogP contribution in [0.2, 0.25) is 20.1 Å². The molecule has 0 bridgehead atoms. The Kier molecular flexibility index (Phi) is 5.98. The SMILES string of the molecule is O=S(=O)(O)C(c1ccccc1)(c1cc(O)c(O)cc1Cl)c1c(Cl)cc(Cl)cc1Cl. The largest absolute Gasteiger partial charge is 0.504 e. The first-order valence-electron chi connectivity index (χ1n) is 7.89. The zero-order chi connectivity index (χ0) is 21.6. The summed E-state index contributed by atoms with van der Waals surface area (Å²) in [6.45, 7) is 0. The van der Waals surface area contributed by atoms with Crippen LogP contribution >= 0.6 is 46.4 Å². The summed E-state index contributed by atoms with van der Waals surface area (Å²) in [7, 11) is -5.08. The highest BCUT2D eigenvalue weighted by molar-refractivity contribution is 7.87. The van der Waals surface area contributed by atoms with E-state index in [1.807, 2.05) is 0 Å². The van der Waals surface area contributed by atoms with E-state index in [0.29, 0.717) is 0 Å². The van der Waals surface area contributed by atoms with Gasteiger partial charge in [-0.3, -0.25) is 4.55 Å². The third-order valence-corrected chi connectivity index (χ3v) is 6.93. The number of rotatable bonds is 4. The van der Waals surface area contributed by atoms with E-state index in [-0.39, 0.29) is 36.8 Å². The molecule has 3 aromatic rings. The first-order valence-corrected chi connectivity index (χ1v) is 10.8. The van der Waals surface area contributed by atoms with Crippen molar-refractivity contribution in [3.8, 4) is 11.5 Å². The van der Waals surface area contributed by atoms with Gasteiger partial charge in [0.05, 0.1) is 5.02 Å². The fourth-order valence-electron chi connectivity index (χ4n) is 3.22. The molecule has 0 radical (unpaired) electrons. The Morgan fingerprint density at radius 3 is 1.79 bits per heavy atom. The van der Waals surface area contributed by atoms with Gasteiger partial charge >= 0.3 is 0 Å². The Hall–Kier alpha value is -1.67. The fourth-order valence-corrected chi connectivity index (χ4v) is 6.15. The molecule has 3 N–H and O–H groups in total. The topological polar surface area (TPSA) is 94.8 Å². The molecule has 0 aliphatic rings. The van der Waals surface area contributed by atoms with Crippen LogP contribution < -0.4 is 0 Å². The molecule has 152 valence electrons. The van der Waals surface area contributed by atoms with Crippen molar-refractivity contribution in [3.05, 3.63) is 91.4 Å². The maximum absolute atomic E-state index is 13.0. The van der Waals surface area contributed by atoms with Gasteiger partial charge in [0.25, 0.3) is 10.1 Å². The lowest BCUT2D eigenvalue weighted by Crippen LogP contribution is -2.39. The second kappa shape index (κ2) is 7.87. The third-order valence-electron chi connectivity index (χ3n) is 4.37. The van der Waals surface area contributed by atoms with Crippen LogP contribution in [0.15, 0.2) is 54.6 Å². The van der Waals surface area contributed by atoms with E-state index in [4.69, 9.17) is 46.4 Å². The van der Waals surface area contributed by atoms with E-state index in [1.54, 1.807) is 18.2 Å². The molecule has 0 aliphatic heterocycles. The summed E-state index contributed by atoms with van der Waals surface area (Å²) >= 11 is 24.9. The Bertz CT molecular complexity index is 1180. The molecule has 29 heavy (non-hydrogen) atoms. The van der Waals surface area contributed by atoms with Crippen LogP contribution in [0.25, 0.3) is 0 Å². The minimum atomic E-state index is -5.08. The van der Waals surface area contributed by atoms with Gasteiger partial charge in [-0.2, -0.15) is 8.42 Å². The molecular formula is C19H12Cl4O5S. The quantitative estimate of drug-likeness (QED) is 0.239. The van der Waals surface area contributed by atoms with Crippen molar-refractivity contribution in [1.82, 2.24) is 0 Å². The number of aromatic hydroxyl groups is 2. The summed E-state index contributed by atoms with van der Waals surface area (Å²) in [5, 5.41) is 19.4. The van der Waals surface area contributed by atoms with Gasteiger partial charge in [0.15, 0.2) is 16.2 Å². The lowest BCUT2D eigenvalue weighted by atomic mass is 9.83. The van der Waals surface area contributed by atoms with Crippen molar-refractivity contribution in [1.29, 1.82) is 0 Å². The third kappa shape index (κ3) is 3.65. The summed E-state index contributed by atoms with van der Waals surface area (Å²) in [5.74, 6) is -1.24. The summed E-state index contributed by atoms with van der Waals surface area (Å²) in [6.07, 6.45) is 0. The average molecular weight is 494 g/mol. The molecule has 0 heterocycles. The van der Waals surface area contributed by atoms with Crippen LogP contribution in [0.1, 0.15) is 16.7 Å². The van der Waals surface area contributed by atoms with Gasteiger partial charge in [-0.15, -0.1) is 0 Å². The molecule has 1 unspecified atom stereocenters. The zero-order valence-corrected chi connectivity index (χ0v) is 18.1. The van der Waals surface area contributed by atoms with Crippen LogP contribution in [0.4, 0.5) is 0 Å². The van der Waals surface area contributed by atoms with Gasteiger partial charge in [-0.05, 0) is 23.8 Å². The van der Waals surface area contributed by atoms with E-state index >= 15 is 0 Å². The highest BCUT2D eigenvalue weighted by Crippen LogP contribution is 2.52. The smallest absolute Gasteiger partial charge is 0.283 e. The maximum atomic E-state index is 13.0. The zero-order valence-electron chi connectivity index (χ0n) is 14.3. The van der Waals surface area contributed by atoms with Crippen LogP contribution in [-0.2, 0) is 14.9 Å². The molecule has 0 amide bonds. The van der Waals surface area contributed by atoms with E-state index in [9.17, 15) is 23.2 Å². The van der Waals surface area contributed by atoms with Crippen molar-refractivity contribution in [2.24, 2.45) is 0 Å². The summed E-state index contributed by atoms with van der Waals surface area (Å²) in [6, 6.07) is 12.0. The molecule has 0 aliphatic carbocycles. The predicted molar refractivity (Wildman–Crippen MR) is 114 cm³/mol. The van der Waals surface area contributed by atoms with Gasteiger partial charge in [-0.25, -0.2) is 0 Å². The van der Waals surface area contributed by atoms with Gasteiger partial charge in [-0.1, -0.05) is 76.7 Å². The number of phenolic OH excluding ortho intramolecular Hbond substituents is 2. The first-order chi connectivity index (χ1) is 13.5. The van der Waals surface area contributed by atoms with Gasteiger partial charge < -0.3 is 10.2 Å². The predicted octanol–water partition coefficient (Wildman–Crippen LogP) is 5.89.